The molecule has 2 aromatic carbocycles. The number of aliphatic hydroxyl groups excluding tert-OH is 2. The molecule has 4 atom stereocenters. The van der Waals surface area contributed by atoms with Gasteiger partial charge in [-0.3, -0.25) is 4.79 Å². The maximum atomic E-state index is 12.4. The van der Waals surface area contributed by atoms with Crippen LogP contribution in [0, 0.1) is 30.6 Å². The highest BCUT2D eigenvalue weighted by Gasteiger charge is 2.40. The van der Waals surface area contributed by atoms with Crippen LogP contribution in [0.1, 0.15) is 43.2 Å². The van der Waals surface area contributed by atoms with Gasteiger partial charge in [0.1, 0.15) is 11.9 Å². The van der Waals surface area contributed by atoms with E-state index in [2.05, 4.69) is 43.0 Å². The van der Waals surface area contributed by atoms with Crippen molar-refractivity contribution in [3.63, 3.8) is 0 Å². The smallest absolute Gasteiger partial charge is 0.327 e. The Kier molecular flexibility index (Phi) is 9.21. The Morgan fingerprint density at radius 2 is 1.88 bits per heavy atom. The maximum Gasteiger partial charge on any atom is 0.327 e. The van der Waals surface area contributed by atoms with Crippen molar-refractivity contribution in [3.8, 4) is 23.0 Å². The third kappa shape index (κ3) is 7.41. The van der Waals surface area contributed by atoms with Crippen LogP contribution in [0.3, 0.4) is 0 Å². The summed E-state index contributed by atoms with van der Waals surface area (Å²) in [5, 5.41) is 29.5. The van der Waals surface area contributed by atoms with Crippen molar-refractivity contribution in [2.45, 2.75) is 57.7 Å². The fourth-order valence-electron chi connectivity index (χ4n) is 4.47. The Labute approximate surface area is 201 Å². The summed E-state index contributed by atoms with van der Waals surface area (Å²) in [6.45, 7) is 2.05. The average Bonchev–Trinajstić information content (AvgIpc) is 3.06. The first kappa shape index (κ1) is 25.4. The summed E-state index contributed by atoms with van der Waals surface area (Å²) in [4.78, 5) is 22.9. The van der Waals surface area contributed by atoms with Crippen LogP contribution in [-0.4, -0.2) is 39.3 Å². The number of carboxylic acid groups (broad SMARTS) is 1. The molecule has 1 aliphatic carbocycles. The summed E-state index contributed by atoms with van der Waals surface area (Å²) in [5.74, 6) is 4.07. The van der Waals surface area contributed by atoms with Crippen molar-refractivity contribution in [2.75, 3.05) is 0 Å². The van der Waals surface area contributed by atoms with E-state index in [1.807, 2.05) is 24.3 Å². The molecule has 1 fully saturated rings. The van der Waals surface area contributed by atoms with Crippen molar-refractivity contribution < 1.29 is 24.9 Å². The van der Waals surface area contributed by atoms with Crippen molar-refractivity contribution in [1.29, 1.82) is 0 Å². The van der Waals surface area contributed by atoms with Gasteiger partial charge in [-0.15, -0.1) is 0 Å². The van der Waals surface area contributed by atoms with Crippen LogP contribution in [0.25, 0.3) is 11.1 Å². The van der Waals surface area contributed by atoms with E-state index in [9.17, 15) is 19.8 Å². The van der Waals surface area contributed by atoms with Gasteiger partial charge >= 0.3 is 5.97 Å². The molecule has 2 aromatic rings. The topological polar surface area (TPSA) is 94.8 Å². The predicted molar refractivity (Wildman–Crippen MR) is 132 cm³/mol. The number of benzene rings is 2. The number of aliphatic hydroxyl groups is 2. The number of Topliss-reactive ketones (excluding diaryl/α,β-unsaturated/α-hetero) is 1. The number of aliphatic carboxylic acids is 1. The highest BCUT2D eigenvalue weighted by molar-refractivity contribution is 5.85. The quantitative estimate of drug-likeness (QED) is 0.294. The fraction of sp³-hybridized carbons (Fsp3) is 0.379. The minimum absolute atomic E-state index is 0.00761. The van der Waals surface area contributed by atoms with Gasteiger partial charge in [-0.05, 0) is 42.9 Å². The van der Waals surface area contributed by atoms with E-state index in [1.165, 1.54) is 5.56 Å². The number of rotatable bonds is 9. The minimum atomic E-state index is -0.968. The van der Waals surface area contributed by atoms with Crippen molar-refractivity contribution in [1.82, 2.24) is 0 Å². The molecule has 0 heterocycles. The number of ketones is 1. The zero-order valence-corrected chi connectivity index (χ0v) is 19.5. The molecule has 0 radical (unpaired) electrons. The largest absolute Gasteiger partial charge is 0.478 e. The Balaban J connectivity index is 1.59. The maximum absolute atomic E-state index is 12.4. The molecule has 5 heteroatoms. The second-order valence-corrected chi connectivity index (χ2v) is 8.97. The van der Waals surface area contributed by atoms with Crippen LogP contribution in [0.2, 0.25) is 0 Å². The molecule has 1 saturated carbocycles. The second-order valence-electron chi connectivity index (χ2n) is 8.97. The molecule has 0 bridgehead atoms. The van der Waals surface area contributed by atoms with Crippen molar-refractivity contribution >= 4 is 11.8 Å². The van der Waals surface area contributed by atoms with Crippen LogP contribution < -0.4 is 0 Å². The standard InChI is InChI=1S/C29H32O5/c1-20-8-6-10-22(16-20)23-11-7-9-21(17-23)18-24(30)14-15-26-25(27(31)19-28(26)32)12-4-2-3-5-13-29(33)34/h5-11,13,16-17,24-26,28,30,32H,2-4,12,18-19H2,1H3,(H,33,34)/b13-5+/t24-,25-,26-,28-/m1/s1. The zero-order chi connectivity index (χ0) is 24.5. The first-order valence-corrected chi connectivity index (χ1v) is 11.8. The molecule has 3 N–H and O–H groups in total. The number of carbonyl (C=O) groups excluding carboxylic acids is 1. The van der Waals surface area contributed by atoms with Gasteiger partial charge in [0.2, 0.25) is 0 Å². The van der Waals surface area contributed by atoms with E-state index in [0.29, 0.717) is 19.3 Å². The SMILES string of the molecule is Cc1cccc(-c2cccc(C[C@H](O)C#C[C@H]3[C@H](O)CC(=O)[C@@H]3CCCC/C=C/C(=O)O)c2)c1. The monoisotopic (exact) mass is 460 g/mol. The highest BCUT2D eigenvalue weighted by atomic mass is 16.4. The number of unbranched alkanes of at least 4 members (excludes halogenated alkanes) is 2. The van der Waals surface area contributed by atoms with Gasteiger partial charge in [0.15, 0.2) is 0 Å². The first-order chi connectivity index (χ1) is 16.3. The Hall–Kier alpha value is -3.20. The molecule has 178 valence electrons. The van der Waals surface area contributed by atoms with E-state index >= 15 is 0 Å². The third-order valence-corrected chi connectivity index (χ3v) is 6.19. The Morgan fingerprint density at radius 3 is 2.62 bits per heavy atom. The van der Waals surface area contributed by atoms with Gasteiger partial charge in [0.05, 0.1) is 12.0 Å². The summed E-state index contributed by atoms with van der Waals surface area (Å²) in [6.07, 6.45) is 4.24. The van der Waals surface area contributed by atoms with Crippen LogP contribution in [0.15, 0.2) is 60.7 Å². The van der Waals surface area contributed by atoms with Crippen LogP contribution in [-0.2, 0) is 16.0 Å². The van der Waals surface area contributed by atoms with E-state index in [0.717, 1.165) is 35.6 Å². The number of hydrogen-bond acceptors (Lipinski definition) is 4. The lowest BCUT2D eigenvalue weighted by atomic mass is 9.89. The molecule has 0 saturated heterocycles. The van der Waals surface area contributed by atoms with Gasteiger partial charge in [-0.1, -0.05) is 78.4 Å². The van der Waals surface area contributed by atoms with Crippen LogP contribution in [0.5, 0.6) is 0 Å². The Morgan fingerprint density at radius 1 is 1.15 bits per heavy atom. The number of hydrogen-bond donors (Lipinski definition) is 3. The van der Waals surface area contributed by atoms with E-state index < -0.39 is 24.1 Å². The average molecular weight is 461 g/mol. The van der Waals surface area contributed by atoms with Crippen LogP contribution >= 0.6 is 0 Å². The fourth-order valence-corrected chi connectivity index (χ4v) is 4.47. The summed E-state index contributed by atoms with van der Waals surface area (Å²) >= 11 is 0. The summed E-state index contributed by atoms with van der Waals surface area (Å²) in [5.41, 5.74) is 4.35. The number of allylic oxidation sites excluding steroid dienone is 1. The van der Waals surface area contributed by atoms with E-state index in [-0.39, 0.29) is 18.1 Å². The molecule has 5 nitrogen and oxygen atoms in total. The normalized spacial score (nSPS) is 20.8. The number of aryl methyl sites for hydroxylation is 1. The molecule has 3 rings (SSSR count). The molecule has 0 aromatic heterocycles. The lowest BCUT2D eigenvalue weighted by Crippen LogP contribution is -2.20. The van der Waals surface area contributed by atoms with E-state index in [4.69, 9.17) is 5.11 Å². The zero-order valence-electron chi connectivity index (χ0n) is 19.5. The lowest BCUT2D eigenvalue weighted by molar-refractivity contribution is -0.131. The molecule has 34 heavy (non-hydrogen) atoms. The van der Waals surface area contributed by atoms with Gasteiger partial charge in [0.25, 0.3) is 0 Å². The van der Waals surface area contributed by atoms with Crippen molar-refractivity contribution in [3.05, 3.63) is 71.8 Å². The summed E-state index contributed by atoms with van der Waals surface area (Å²) in [7, 11) is 0. The molecule has 0 aliphatic heterocycles. The molecule has 0 spiro atoms. The van der Waals surface area contributed by atoms with Gasteiger partial charge in [-0.2, -0.15) is 0 Å². The molecule has 0 unspecified atom stereocenters. The first-order valence-electron chi connectivity index (χ1n) is 11.8. The molecular formula is C29H32O5. The Bertz CT molecular complexity index is 1090. The lowest BCUT2D eigenvalue weighted by Gasteiger charge is -2.15. The number of carbonyl (C=O) groups is 2. The highest BCUT2D eigenvalue weighted by Crippen LogP contribution is 2.33. The summed E-state index contributed by atoms with van der Waals surface area (Å²) < 4.78 is 0. The van der Waals surface area contributed by atoms with Gasteiger partial charge in [0, 0.05) is 24.8 Å². The van der Waals surface area contributed by atoms with Gasteiger partial charge < -0.3 is 15.3 Å². The minimum Gasteiger partial charge on any atom is -0.478 e. The van der Waals surface area contributed by atoms with Crippen LogP contribution in [0.4, 0.5) is 0 Å². The number of carboxylic acids is 1. The molecular weight excluding hydrogens is 428 g/mol. The predicted octanol–water partition coefficient (Wildman–Crippen LogP) is 4.34. The summed E-state index contributed by atoms with van der Waals surface area (Å²) in [6, 6.07) is 16.3. The van der Waals surface area contributed by atoms with Crippen molar-refractivity contribution in [2.24, 2.45) is 11.8 Å². The van der Waals surface area contributed by atoms with E-state index in [1.54, 1.807) is 6.08 Å². The third-order valence-electron chi connectivity index (χ3n) is 6.19. The second kappa shape index (κ2) is 12.3. The molecule has 1 aliphatic rings. The van der Waals surface area contributed by atoms with Gasteiger partial charge in [-0.25, -0.2) is 4.79 Å². The molecule has 0 amide bonds.